The van der Waals surface area contributed by atoms with Crippen LogP contribution in [0.25, 0.3) is 0 Å². The SMILES string of the molecule is O=C1[C@H](Cc2c(Cl)cc(OS(=O)(=O)C(F)(F)F)cc2Cl)CCN1C1CCc2cn(SOOC(F)(F)F)nc2C1. The maximum Gasteiger partial charge on any atom is 0.550 e. The molecule has 0 bridgehead atoms. The Hall–Kier alpha value is -1.92. The van der Waals surface area contributed by atoms with Crippen molar-refractivity contribution in [1.82, 2.24) is 14.1 Å². The van der Waals surface area contributed by atoms with Crippen LogP contribution >= 0.6 is 35.4 Å². The number of halogens is 8. The first-order valence-electron chi connectivity index (χ1n) is 11.0. The van der Waals surface area contributed by atoms with Crippen LogP contribution in [0.3, 0.4) is 0 Å². The quantitative estimate of drug-likeness (QED) is 0.0961. The summed E-state index contributed by atoms with van der Waals surface area (Å²) in [7, 11) is -5.92. The molecule has 19 heteroatoms. The first-order chi connectivity index (χ1) is 18.0. The van der Waals surface area contributed by atoms with E-state index < -0.39 is 33.7 Å². The highest BCUT2D eigenvalue weighted by Crippen LogP contribution is 2.37. The minimum absolute atomic E-state index is 0.0546. The molecule has 9 nitrogen and oxygen atoms in total. The van der Waals surface area contributed by atoms with Crippen LogP contribution in [0.2, 0.25) is 10.0 Å². The molecule has 0 spiro atoms. The van der Waals surface area contributed by atoms with E-state index in [0.717, 1.165) is 21.8 Å². The van der Waals surface area contributed by atoms with Crippen molar-refractivity contribution in [1.29, 1.82) is 0 Å². The summed E-state index contributed by atoms with van der Waals surface area (Å²) in [5.74, 6) is -1.48. The van der Waals surface area contributed by atoms with Gasteiger partial charge in [-0.25, -0.2) is 0 Å². The minimum Gasteiger partial charge on any atom is -0.376 e. The molecule has 1 amide bonds. The number of nitrogens with zero attached hydrogens (tertiary/aromatic N) is 3. The van der Waals surface area contributed by atoms with Crippen LogP contribution in [0.15, 0.2) is 18.3 Å². The lowest BCUT2D eigenvalue weighted by atomic mass is 9.92. The molecule has 1 saturated heterocycles. The lowest BCUT2D eigenvalue weighted by Gasteiger charge is -2.30. The molecule has 39 heavy (non-hydrogen) atoms. The molecule has 1 aromatic heterocycles. The standard InChI is InChI=1S/C20H17Cl2F6N3O6S2/c21-15-7-13(35-39(33,34)20(26,27)28)8-16(22)14(15)5-10-3-4-30(18(10)32)12-2-1-11-9-31(29-17(11)6-12)38-37-36-19(23,24)25/h7-10,12H,1-6H2/t10-,12?/m0/s1. The van der Waals surface area contributed by atoms with Crippen LogP contribution < -0.4 is 4.18 Å². The van der Waals surface area contributed by atoms with Gasteiger partial charge in [0.1, 0.15) is 5.75 Å². The summed E-state index contributed by atoms with van der Waals surface area (Å²) in [5, 5.41) is 3.86. The van der Waals surface area contributed by atoms with Crippen LogP contribution in [0, 0.1) is 5.92 Å². The van der Waals surface area contributed by atoms with Gasteiger partial charge in [0, 0.05) is 53.3 Å². The fourth-order valence-corrected chi connectivity index (χ4v) is 5.93. The molecule has 1 aliphatic carbocycles. The zero-order valence-corrected chi connectivity index (χ0v) is 22.4. The van der Waals surface area contributed by atoms with Crippen molar-refractivity contribution in [2.45, 2.75) is 50.0 Å². The molecule has 2 atom stereocenters. The topological polar surface area (TPSA) is 100.0 Å². The van der Waals surface area contributed by atoms with Gasteiger partial charge >= 0.3 is 22.0 Å². The van der Waals surface area contributed by atoms with Crippen molar-refractivity contribution in [2.24, 2.45) is 5.92 Å². The molecule has 1 aliphatic heterocycles. The van der Waals surface area contributed by atoms with Crippen LogP contribution in [-0.2, 0) is 43.4 Å². The van der Waals surface area contributed by atoms with Crippen LogP contribution in [0.1, 0.15) is 29.7 Å². The van der Waals surface area contributed by atoms with Crippen molar-refractivity contribution in [2.75, 3.05) is 6.54 Å². The van der Waals surface area contributed by atoms with E-state index in [0.29, 0.717) is 37.9 Å². The molecule has 1 aromatic carbocycles. The Labute approximate surface area is 231 Å². The third kappa shape index (κ3) is 7.05. The monoisotopic (exact) mass is 643 g/mol. The number of likely N-dealkylation sites (tertiary alicyclic amines) is 1. The second kappa shape index (κ2) is 11.2. The van der Waals surface area contributed by atoms with Gasteiger partial charge in [-0.1, -0.05) is 23.2 Å². The van der Waals surface area contributed by atoms with Crippen molar-refractivity contribution >= 4 is 51.5 Å². The van der Waals surface area contributed by atoms with E-state index in [-0.39, 0.29) is 46.2 Å². The number of hydrogen-bond donors (Lipinski definition) is 0. The Morgan fingerprint density at radius 1 is 1.10 bits per heavy atom. The summed E-state index contributed by atoms with van der Waals surface area (Å²) in [6.45, 7) is 0.405. The second-order valence-electron chi connectivity index (χ2n) is 8.64. The molecule has 0 N–H and O–H groups in total. The van der Waals surface area contributed by atoms with Gasteiger partial charge in [-0.05, 0) is 36.8 Å². The van der Waals surface area contributed by atoms with Crippen LogP contribution in [0.4, 0.5) is 26.3 Å². The second-order valence-corrected chi connectivity index (χ2v) is 11.7. The maximum absolute atomic E-state index is 13.2. The maximum atomic E-state index is 13.2. The lowest BCUT2D eigenvalue weighted by Crippen LogP contribution is -2.41. The van der Waals surface area contributed by atoms with Crippen LogP contribution in [0.5, 0.6) is 5.75 Å². The summed E-state index contributed by atoms with van der Waals surface area (Å²) in [6, 6.07) is 1.54. The number of alkyl halides is 6. The first-order valence-corrected chi connectivity index (χ1v) is 13.9. The van der Waals surface area contributed by atoms with E-state index in [4.69, 9.17) is 23.2 Å². The number of rotatable bonds is 8. The van der Waals surface area contributed by atoms with Crippen molar-refractivity contribution < 1.29 is 53.0 Å². The van der Waals surface area contributed by atoms with Crippen molar-refractivity contribution in [3.8, 4) is 5.75 Å². The Bertz CT molecular complexity index is 1330. The number of carbonyl (C=O) groups is 1. The number of carbonyl (C=O) groups excluding carboxylic acids is 1. The molecule has 1 unspecified atom stereocenters. The molecular weight excluding hydrogens is 627 g/mol. The van der Waals surface area contributed by atoms with E-state index in [2.05, 4.69) is 18.5 Å². The fourth-order valence-electron chi connectivity index (χ4n) is 4.40. The number of aryl methyl sites for hydroxylation is 1. The predicted molar refractivity (Wildman–Crippen MR) is 125 cm³/mol. The summed E-state index contributed by atoms with van der Waals surface area (Å²) < 4.78 is 106. The van der Waals surface area contributed by atoms with E-state index in [1.165, 1.54) is 6.20 Å². The highest BCUT2D eigenvalue weighted by Gasteiger charge is 2.48. The van der Waals surface area contributed by atoms with Gasteiger partial charge in [-0.2, -0.15) is 30.8 Å². The highest BCUT2D eigenvalue weighted by atomic mass is 35.5. The van der Waals surface area contributed by atoms with Gasteiger partial charge in [-0.15, -0.1) is 22.4 Å². The van der Waals surface area contributed by atoms with Crippen LogP contribution in [-0.4, -0.2) is 52.9 Å². The predicted octanol–water partition coefficient (Wildman–Crippen LogP) is 5.25. The number of aromatic nitrogens is 2. The van der Waals surface area contributed by atoms with Gasteiger partial charge in [-0.3, -0.25) is 4.79 Å². The molecule has 0 radical (unpaired) electrons. The molecule has 2 aliphatic rings. The largest absolute Gasteiger partial charge is 0.550 e. The minimum atomic E-state index is -5.92. The average Bonchev–Trinajstić information content (AvgIpc) is 3.36. The summed E-state index contributed by atoms with van der Waals surface area (Å²) in [4.78, 5) is 18.1. The number of hydrogen-bond acceptors (Lipinski definition) is 8. The Morgan fingerprint density at radius 2 is 1.77 bits per heavy atom. The van der Waals surface area contributed by atoms with E-state index in [1.54, 1.807) is 4.90 Å². The van der Waals surface area contributed by atoms with Crippen molar-refractivity contribution in [3.05, 3.63) is 45.2 Å². The van der Waals surface area contributed by atoms with Gasteiger partial charge < -0.3 is 9.08 Å². The number of fused-ring (bicyclic) bond motifs is 1. The zero-order valence-electron chi connectivity index (χ0n) is 19.3. The van der Waals surface area contributed by atoms with Gasteiger partial charge in [0.05, 0.1) is 5.69 Å². The third-order valence-corrected chi connectivity index (χ3v) is 8.24. The summed E-state index contributed by atoms with van der Waals surface area (Å²) in [5.41, 5.74) is -4.00. The Kier molecular flexibility index (Phi) is 8.60. The smallest absolute Gasteiger partial charge is 0.376 e. The third-order valence-electron chi connectivity index (χ3n) is 6.11. The Balaban J connectivity index is 1.38. The molecular formula is C20H17Cl2F6N3O6S2. The van der Waals surface area contributed by atoms with E-state index >= 15 is 0 Å². The molecule has 2 aromatic rings. The average molecular weight is 644 g/mol. The normalized spacial score (nSPS) is 20.4. The van der Waals surface area contributed by atoms with Gasteiger partial charge in [0.15, 0.2) is 12.2 Å². The fraction of sp³-hybridized carbons (Fsp3) is 0.500. The molecule has 1 fully saturated rings. The molecule has 2 heterocycles. The lowest BCUT2D eigenvalue weighted by molar-refractivity contribution is -0.440. The Morgan fingerprint density at radius 3 is 2.38 bits per heavy atom. The summed E-state index contributed by atoms with van der Waals surface area (Å²) in [6.07, 6.45) is -1.49. The number of amides is 1. The van der Waals surface area contributed by atoms with E-state index in [1.807, 2.05) is 0 Å². The van der Waals surface area contributed by atoms with Gasteiger partial charge in [0.25, 0.3) is 0 Å². The molecule has 0 saturated carbocycles. The first kappa shape index (κ1) is 30.0. The number of benzene rings is 1. The van der Waals surface area contributed by atoms with Crippen molar-refractivity contribution in [3.63, 3.8) is 0 Å². The van der Waals surface area contributed by atoms with E-state index in [9.17, 15) is 39.6 Å². The molecule has 216 valence electrons. The van der Waals surface area contributed by atoms with Gasteiger partial charge in [0.2, 0.25) is 5.91 Å². The zero-order chi connectivity index (χ0) is 28.8. The molecule has 4 rings (SSSR count). The summed E-state index contributed by atoms with van der Waals surface area (Å²) >= 11 is 12.5. The highest BCUT2D eigenvalue weighted by molar-refractivity contribution is 7.92.